The van der Waals surface area contributed by atoms with Crippen LogP contribution in [0.2, 0.25) is 0 Å². The number of hydrogen-bond donors (Lipinski definition) is 0. The van der Waals surface area contributed by atoms with Gasteiger partial charge in [0.15, 0.2) is 0 Å². The van der Waals surface area contributed by atoms with E-state index in [4.69, 9.17) is 0 Å². The number of hydrogen-bond acceptors (Lipinski definition) is 2. The van der Waals surface area contributed by atoms with E-state index in [9.17, 15) is 4.79 Å². The minimum atomic E-state index is -0.199. The Morgan fingerprint density at radius 3 is 2.70 bits per heavy atom. The van der Waals surface area contributed by atoms with Gasteiger partial charge in [-0.05, 0) is 6.20 Å². The monoisotopic (exact) mass is 444 g/mol. The van der Waals surface area contributed by atoms with Gasteiger partial charge in [0.2, 0.25) is 0 Å². The minimum absolute atomic E-state index is 0. The molecule has 0 amide bonds. The largest absolute Gasteiger partial charge is 0.345 e. The molecule has 0 spiro atoms. The van der Waals surface area contributed by atoms with Crippen molar-refractivity contribution in [3.05, 3.63) is 58.6 Å². The van der Waals surface area contributed by atoms with Gasteiger partial charge in [0.25, 0.3) is 5.56 Å². The van der Waals surface area contributed by atoms with Crippen molar-refractivity contribution in [2.75, 3.05) is 0 Å². The standard InChI is InChI=1S/C16H15N2O.Ir/c1-16(2,3)13-10-14(19)17-15-12-7-5-4-6-11(12)8-9-18(13)15;/h4-6,8-10H,1-3H3;/q-1;. The summed E-state index contributed by atoms with van der Waals surface area (Å²) >= 11 is 0. The molecule has 20 heavy (non-hydrogen) atoms. The number of benzene rings is 1. The summed E-state index contributed by atoms with van der Waals surface area (Å²) in [6.45, 7) is 6.27. The summed E-state index contributed by atoms with van der Waals surface area (Å²) < 4.78 is 1.99. The zero-order valence-corrected chi connectivity index (χ0v) is 14.0. The van der Waals surface area contributed by atoms with Gasteiger partial charge in [0.05, 0.1) is 5.65 Å². The van der Waals surface area contributed by atoms with Gasteiger partial charge >= 0.3 is 0 Å². The van der Waals surface area contributed by atoms with Crippen molar-refractivity contribution in [2.45, 2.75) is 26.2 Å². The number of rotatable bonds is 0. The van der Waals surface area contributed by atoms with Crippen LogP contribution < -0.4 is 5.56 Å². The molecule has 0 aliphatic rings. The molecule has 2 aromatic heterocycles. The van der Waals surface area contributed by atoms with Gasteiger partial charge in [0.1, 0.15) is 0 Å². The first kappa shape index (κ1) is 14.9. The van der Waals surface area contributed by atoms with E-state index < -0.39 is 0 Å². The quantitative estimate of drug-likeness (QED) is 0.396. The van der Waals surface area contributed by atoms with Crippen LogP contribution >= 0.6 is 0 Å². The molecule has 0 aliphatic heterocycles. The van der Waals surface area contributed by atoms with Gasteiger partial charge in [-0.2, -0.15) is 0 Å². The van der Waals surface area contributed by atoms with Crippen LogP contribution in [0.4, 0.5) is 0 Å². The van der Waals surface area contributed by atoms with E-state index in [-0.39, 0.29) is 31.1 Å². The third-order valence-electron chi connectivity index (χ3n) is 3.25. The first-order valence-electron chi connectivity index (χ1n) is 6.30. The molecule has 0 aliphatic carbocycles. The fraction of sp³-hybridized carbons (Fsp3) is 0.250. The molecule has 0 N–H and O–H groups in total. The number of aromatic nitrogens is 2. The Morgan fingerprint density at radius 2 is 2.00 bits per heavy atom. The van der Waals surface area contributed by atoms with Crippen molar-refractivity contribution in [3.63, 3.8) is 0 Å². The Morgan fingerprint density at radius 1 is 1.25 bits per heavy atom. The average molecular weight is 444 g/mol. The minimum Gasteiger partial charge on any atom is -0.345 e. The van der Waals surface area contributed by atoms with Crippen molar-refractivity contribution in [1.29, 1.82) is 0 Å². The van der Waals surface area contributed by atoms with Gasteiger partial charge in [-0.1, -0.05) is 26.8 Å². The maximum Gasteiger partial charge on any atom is 0.264 e. The van der Waals surface area contributed by atoms with Crippen molar-refractivity contribution >= 4 is 16.4 Å². The van der Waals surface area contributed by atoms with Gasteiger partial charge in [-0.25, -0.2) is 4.98 Å². The summed E-state index contributed by atoms with van der Waals surface area (Å²) in [5.74, 6) is 0. The zero-order chi connectivity index (χ0) is 13.6. The van der Waals surface area contributed by atoms with Gasteiger partial charge < -0.3 is 4.40 Å². The van der Waals surface area contributed by atoms with Crippen molar-refractivity contribution in [1.82, 2.24) is 9.38 Å². The van der Waals surface area contributed by atoms with E-state index in [1.807, 2.05) is 34.9 Å². The van der Waals surface area contributed by atoms with Crippen LogP contribution in [0.5, 0.6) is 0 Å². The Bertz CT molecular complexity index is 831. The molecule has 3 rings (SSSR count). The van der Waals surface area contributed by atoms with Crippen LogP contribution in [0, 0.1) is 6.07 Å². The van der Waals surface area contributed by atoms with Gasteiger partial charge in [-0.3, -0.25) is 4.79 Å². The van der Waals surface area contributed by atoms with Gasteiger partial charge in [0, 0.05) is 37.3 Å². The topological polar surface area (TPSA) is 34.4 Å². The van der Waals surface area contributed by atoms with E-state index in [0.29, 0.717) is 5.65 Å². The Kier molecular flexibility index (Phi) is 3.81. The molecule has 105 valence electrons. The smallest absolute Gasteiger partial charge is 0.264 e. The summed E-state index contributed by atoms with van der Waals surface area (Å²) in [7, 11) is 0. The maximum atomic E-state index is 11.9. The third kappa shape index (κ3) is 2.41. The molecule has 3 aromatic rings. The van der Waals surface area contributed by atoms with Crippen LogP contribution in [0.1, 0.15) is 26.5 Å². The van der Waals surface area contributed by atoms with E-state index in [0.717, 1.165) is 16.5 Å². The average Bonchev–Trinajstić information content (AvgIpc) is 2.36. The molecular formula is C16H15IrN2O-. The Balaban J connectivity index is 0.00000147. The molecule has 2 heterocycles. The fourth-order valence-corrected chi connectivity index (χ4v) is 2.33. The number of fused-ring (bicyclic) bond motifs is 3. The molecule has 1 radical (unpaired) electrons. The third-order valence-corrected chi connectivity index (χ3v) is 3.25. The fourth-order valence-electron chi connectivity index (χ4n) is 2.33. The molecule has 3 nitrogen and oxygen atoms in total. The van der Waals surface area contributed by atoms with Crippen molar-refractivity contribution < 1.29 is 20.1 Å². The summed E-state index contributed by atoms with van der Waals surface area (Å²) in [5.41, 5.74) is 1.32. The summed E-state index contributed by atoms with van der Waals surface area (Å²) in [5, 5.41) is 1.92. The molecule has 0 saturated heterocycles. The van der Waals surface area contributed by atoms with Gasteiger partial charge in [-0.15, -0.1) is 35.0 Å². The summed E-state index contributed by atoms with van der Waals surface area (Å²) in [4.78, 5) is 16.0. The predicted molar refractivity (Wildman–Crippen MR) is 76.5 cm³/mol. The van der Waals surface area contributed by atoms with Crippen LogP contribution in [0.15, 0.2) is 41.3 Å². The van der Waals surface area contributed by atoms with E-state index >= 15 is 0 Å². The number of pyridine rings is 1. The van der Waals surface area contributed by atoms with E-state index in [1.165, 1.54) is 0 Å². The second-order valence-corrected chi connectivity index (χ2v) is 5.74. The molecule has 0 saturated carbocycles. The van der Waals surface area contributed by atoms with E-state index in [2.05, 4.69) is 31.8 Å². The van der Waals surface area contributed by atoms with Crippen LogP contribution in [0.3, 0.4) is 0 Å². The Hall–Kier alpha value is -1.51. The van der Waals surface area contributed by atoms with Crippen LogP contribution in [0.25, 0.3) is 16.4 Å². The molecule has 1 aromatic carbocycles. The normalized spacial score (nSPS) is 11.6. The number of nitrogens with zero attached hydrogens (tertiary/aromatic N) is 2. The van der Waals surface area contributed by atoms with E-state index in [1.54, 1.807) is 6.07 Å². The SMILES string of the molecule is CC(C)(C)c1cc(=O)nc2c3[c-]cccc3ccn12.[Ir]. The molecule has 0 unspecified atom stereocenters. The predicted octanol–water partition coefficient (Wildman–Crippen LogP) is 2.94. The maximum absolute atomic E-state index is 11.9. The first-order valence-corrected chi connectivity index (χ1v) is 6.30. The molecular weight excluding hydrogens is 428 g/mol. The van der Waals surface area contributed by atoms with Crippen molar-refractivity contribution in [3.8, 4) is 0 Å². The second kappa shape index (κ2) is 5.12. The van der Waals surface area contributed by atoms with Crippen molar-refractivity contribution in [2.24, 2.45) is 0 Å². The molecule has 0 bridgehead atoms. The molecule has 4 heteroatoms. The zero-order valence-electron chi connectivity index (χ0n) is 11.6. The summed E-state index contributed by atoms with van der Waals surface area (Å²) in [6.07, 6.45) is 1.97. The second-order valence-electron chi connectivity index (χ2n) is 5.74. The van der Waals surface area contributed by atoms with Crippen LogP contribution in [-0.4, -0.2) is 9.38 Å². The van der Waals surface area contributed by atoms with Crippen LogP contribution in [-0.2, 0) is 25.5 Å². The first-order chi connectivity index (χ1) is 8.97. The Labute approximate surface area is 131 Å². The summed E-state index contributed by atoms with van der Waals surface area (Å²) in [6, 6.07) is 12.6. The molecule has 0 atom stereocenters. The molecule has 0 fully saturated rings.